The number of carbonyl (C=O) groups excluding carboxylic acids is 1. The number of ether oxygens (including phenoxy) is 1. The highest BCUT2D eigenvalue weighted by molar-refractivity contribution is 5.98. The lowest BCUT2D eigenvalue weighted by Crippen LogP contribution is -2.43. The van der Waals surface area contributed by atoms with Gasteiger partial charge in [0.05, 0.1) is 35.4 Å². The van der Waals surface area contributed by atoms with E-state index >= 15 is 4.39 Å². The summed E-state index contributed by atoms with van der Waals surface area (Å²) in [6, 6.07) is 8.57. The Morgan fingerprint density at radius 1 is 1.02 bits per heavy atom. The Hall–Kier alpha value is -4.59. The minimum absolute atomic E-state index is 0.0612. The third kappa shape index (κ3) is 5.58. The molecule has 1 N–H and O–H groups in total. The maximum absolute atomic E-state index is 15.1. The standard InChI is InChI=1S/C39H45F3N8O3/c1-4-27-29(40)8-7-24-15-26(51)17-32(33(24)27)47-14-9-28-31(19-47)43-36(53-23-38-10-5-12-49(38)22-37(20-38)21-39(37,41)42)44-34(28)48-11-6-13-50-25(18-48)16-30(45-50)35(52)46(2)3/h7-8,15-17,51H,4-6,9-14,18-23H2,1-3H3/t37-,38-/m0/s1. The Labute approximate surface area is 306 Å². The molecule has 280 valence electrons. The van der Waals surface area contributed by atoms with Crippen LogP contribution in [0, 0.1) is 11.2 Å². The predicted octanol–water partition coefficient (Wildman–Crippen LogP) is 5.55. The first-order valence-corrected chi connectivity index (χ1v) is 18.8. The summed E-state index contributed by atoms with van der Waals surface area (Å²) in [5.74, 6) is -2.22. The molecule has 1 amide bonds. The van der Waals surface area contributed by atoms with Crippen LogP contribution in [-0.4, -0.2) is 98.9 Å². The topological polar surface area (TPSA) is 103 Å². The van der Waals surface area contributed by atoms with Crippen molar-refractivity contribution in [2.75, 3.05) is 56.7 Å². The number of benzene rings is 2. The number of alkyl halides is 2. The van der Waals surface area contributed by atoms with Crippen molar-refractivity contribution in [1.82, 2.24) is 29.5 Å². The summed E-state index contributed by atoms with van der Waals surface area (Å²) in [4.78, 5) is 30.9. The van der Waals surface area contributed by atoms with E-state index in [4.69, 9.17) is 14.7 Å². The summed E-state index contributed by atoms with van der Waals surface area (Å²) in [5, 5.41) is 16.9. The Morgan fingerprint density at radius 3 is 2.62 bits per heavy atom. The molecule has 1 spiro atoms. The van der Waals surface area contributed by atoms with Gasteiger partial charge in [-0.05, 0) is 74.2 Å². The van der Waals surface area contributed by atoms with Crippen molar-refractivity contribution in [3.05, 3.63) is 64.4 Å². The fourth-order valence-corrected chi connectivity index (χ4v) is 9.62. The van der Waals surface area contributed by atoms with Crippen LogP contribution in [0.4, 0.5) is 24.7 Å². The number of amides is 1. The number of rotatable bonds is 7. The Kier molecular flexibility index (Phi) is 7.88. The molecule has 2 atom stereocenters. The second kappa shape index (κ2) is 12.2. The number of fused-ring (bicyclic) bond motifs is 4. The Bertz CT molecular complexity index is 2140. The smallest absolute Gasteiger partial charge is 0.318 e. The lowest BCUT2D eigenvalue weighted by atomic mass is 9.89. The normalized spacial score (nSPS) is 24.6. The van der Waals surface area contributed by atoms with E-state index in [0.717, 1.165) is 65.0 Å². The maximum atomic E-state index is 15.1. The van der Waals surface area contributed by atoms with Crippen LogP contribution in [-0.2, 0) is 32.5 Å². The van der Waals surface area contributed by atoms with Gasteiger partial charge >= 0.3 is 6.01 Å². The van der Waals surface area contributed by atoms with Crippen LogP contribution in [0.15, 0.2) is 30.3 Å². The molecule has 0 unspecified atom stereocenters. The van der Waals surface area contributed by atoms with Crippen LogP contribution in [0.5, 0.6) is 11.8 Å². The molecule has 2 aromatic carbocycles. The van der Waals surface area contributed by atoms with Gasteiger partial charge in [-0.3, -0.25) is 14.4 Å². The molecule has 53 heavy (non-hydrogen) atoms. The van der Waals surface area contributed by atoms with Crippen LogP contribution >= 0.6 is 0 Å². The fourth-order valence-electron chi connectivity index (χ4n) is 9.62. The van der Waals surface area contributed by atoms with Crippen LogP contribution in [0.2, 0.25) is 0 Å². The lowest BCUT2D eigenvalue weighted by molar-refractivity contribution is 0.0647. The zero-order valence-electron chi connectivity index (χ0n) is 30.5. The van der Waals surface area contributed by atoms with Gasteiger partial charge in [0.2, 0.25) is 0 Å². The Morgan fingerprint density at radius 2 is 1.85 bits per heavy atom. The van der Waals surface area contributed by atoms with E-state index in [9.17, 15) is 18.7 Å². The van der Waals surface area contributed by atoms with E-state index in [0.29, 0.717) is 69.8 Å². The highest BCUT2D eigenvalue weighted by Crippen LogP contribution is 2.69. The molecular weight excluding hydrogens is 685 g/mol. The van der Waals surface area contributed by atoms with Crippen LogP contribution in [0.1, 0.15) is 72.0 Å². The number of halogens is 3. The van der Waals surface area contributed by atoms with Gasteiger partial charge in [-0.25, -0.2) is 13.2 Å². The average Bonchev–Trinajstić information content (AvgIpc) is 3.42. The molecule has 0 radical (unpaired) electrons. The van der Waals surface area contributed by atoms with Gasteiger partial charge in [0.1, 0.15) is 24.0 Å². The van der Waals surface area contributed by atoms with E-state index in [1.807, 2.05) is 17.7 Å². The second-order valence-electron chi connectivity index (χ2n) is 16.0. The molecule has 0 bridgehead atoms. The number of aromatic hydroxyl groups is 1. The highest BCUT2D eigenvalue weighted by Gasteiger charge is 2.77. The predicted molar refractivity (Wildman–Crippen MR) is 193 cm³/mol. The van der Waals surface area contributed by atoms with Gasteiger partial charge in [-0.15, -0.1) is 0 Å². The van der Waals surface area contributed by atoms with Gasteiger partial charge in [0, 0.05) is 69.4 Å². The van der Waals surface area contributed by atoms with E-state index < -0.39 is 16.9 Å². The number of phenolic OH excluding ortho intramolecular Hbond substituents is 1. The molecule has 5 aliphatic rings. The molecular formula is C39H45F3N8O3. The largest absolute Gasteiger partial charge is 0.508 e. The summed E-state index contributed by atoms with van der Waals surface area (Å²) in [7, 11) is 3.42. The Balaban J connectivity index is 1.08. The van der Waals surface area contributed by atoms with Crippen molar-refractivity contribution in [3.63, 3.8) is 0 Å². The van der Waals surface area contributed by atoms with Crippen LogP contribution in [0.25, 0.3) is 10.8 Å². The van der Waals surface area contributed by atoms with E-state index in [1.165, 1.54) is 11.0 Å². The summed E-state index contributed by atoms with van der Waals surface area (Å²) < 4.78 is 52.8. The van der Waals surface area contributed by atoms with Gasteiger partial charge in [0.25, 0.3) is 11.8 Å². The summed E-state index contributed by atoms with van der Waals surface area (Å²) in [5.41, 5.74) is 2.95. The first-order valence-electron chi connectivity index (χ1n) is 18.8. The molecule has 1 aliphatic carbocycles. The van der Waals surface area contributed by atoms with Gasteiger partial charge in [-0.2, -0.15) is 15.1 Å². The third-order valence-electron chi connectivity index (χ3n) is 12.4. The number of carbonyl (C=O) groups is 1. The second-order valence-corrected chi connectivity index (χ2v) is 16.0. The summed E-state index contributed by atoms with van der Waals surface area (Å²) in [6.07, 6.45) is 3.94. The molecule has 4 aromatic rings. The first-order chi connectivity index (χ1) is 25.4. The number of aromatic nitrogens is 4. The third-order valence-corrected chi connectivity index (χ3v) is 12.4. The molecule has 2 saturated heterocycles. The van der Waals surface area contributed by atoms with Crippen molar-refractivity contribution in [1.29, 1.82) is 0 Å². The number of anilines is 2. The molecule has 3 fully saturated rings. The van der Waals surface area contributed by atoms with E-state index in [-0.39, 0.29) is 36.5 Å². The van der Waals surface area contributed by atoms with Gasteiger partial charge < -0.3 is 24.5 Å². The van der Waals surface area contributed by atoms with E-state index in [1.54, 1.807) is 32.3 Å². The number of hydrogen-bond acceptors (Lipinski definition) is 9. The van der Waals surface area contributed by atoms with Gasteiger partial charge in [-0.1, -0.05) is 13.0 Å². The minimum atomic E-state index is -2.63. The molecule has 6 heterocycles. The number of nitrogens with zero attached hydrogens (tertiary/aromatic N) is 8. The van der Waals surface area contributed by atoms with Gasteiger partial charge in [0.15, 0.2) is 5.69 Å². The molecule has 4 aliphatic heterocycles. The first kappa shape index (κ1) is 34.2. The summed E-state index contributed by atoms with van der Waals surface area (Å²) in [6.45, 7) is 6.12. The quantitative estimate of drug-likeness (QED) is 0.262. The number of phenols is 1. The van der Waals surface area contributed by atoms with Crippen molar-refractivity contribution in [2.24, 2.45) is 5.41 Å². The zero-order chi connectivity index (χ0) is 36.9. The SMILES string of the molecule is CCc1c(F)ccc2cc(O)cc(N3CCc4c(nc(OC[C@@]56CCCN5C[C@@]5(CC5(F)F)C6)nc4N4CCCn5nc(C(=O)N(C)C)cc5C4)C3)c12. The molecule has 9 rings (SSSR count). The van der Waals surface area contributed by atoms with Crippen molar-refractivity contribution >= 4 is 28.2 Å². The number of aryl methyl sites for hydroxylation is 2. The molecule has 11 nitrogen and oxygen atoms in total. The van der Waals surface area contributed by atoms with E-state index in [2.05, 4.69) is 19.8 Å². The van der Waals surface area contributed by atoms with Crippen LogP contribution in [0.3, 0.4) is 0 Å². The lowest BCUT2D eigenvalue weighted by Gasteiger charge is -2.35. The highest BCUT2D eigenvalue weighted by atomic mass is 19.3. The number of hydrogen-bond donors (Lipinski definition) is 1. The molecule has 14 heteroatoms. The monoisotopic (exact) mass is 730 g/mol. The zero-order valence-corrected chi connectivity index (χ0v) is 30.5. The molecule has 2 aromatic heterocycles. The fraction of sp³-hybridized carbons (Fsp3) is 0.538. The van der Waals surface area contributed by atoms with Crippen molar-refractivity contribution < 1.29 is 27.8 Å². The van der Waals surface area contributed by atoms with Crippen LogP contribution < -0.4 is 14.5 Å². The minimum Gasteiger partial charge on any atom is -0.508 e. The van der Waals surface area contributed by atoms with Crippen molar-refractivity contribution in [2.45, 2.75) is 83.0 Å². The average molecular weight is 731 g/mol. The summed E-state index contributed by atoms with van der Waals surface area (Å²) >= 11 is 0. The molecule has 1 saturated carbocycles. The maximum Gasteiger partial charge on any atom is 0.318 e. The van der Waals surface area contributed by atoms with Crippen molar-refractivity contribution in [3.8, 4) is 11.8 Å².